The lowest BCUT2D eigenvalue weighted by atomic mass is 10.2. The van der Waals surface area contributed by atoms with Crippen LogP contribution in [0.25, 0.3) is 5.69 Å². The first kappa shape index (κ1) is 13.8. The van der Waals surface area contributed by atoms with Crippen molar-refractivity contribution in [2.24, 2.45) is 0 Å². The molecule has 0 aliphatic heterocycles. The minimum absolute atomic E-state index is 0.0473. The minimum Gasteiger partial charge on any atom is -0.505 e. The number of rotatable bonds is 2. The highest BCUT2D eigenvalue weighted by atomic mass is 19.4. The molecule has 2 aromatic rings. The van der Waals surface area contributed by atoms with E-state index in [1.54, 1.807) is 0 Å². The second kappa shape index (κ2) is 4.80. The standard InChI is InChI=1S/C12H7F3N2O3/c13-12(14,15)7-1-3-8(4-2-7)17-11(20)5-10(19)9(6-18)16-17/h1-6,19H. The summed E-state index contributed by atoms with van der Waals surface area (Å²) >= 11 is 0. The summed E-state index contributed by atoms with van der Waals surface area (Å²) in [6.45, 7) is 0. The Kier molecular flexibility index (Phi) is 3.31. The number of alkyl halides is 3. The number of aromatic hydroxyl groups is 1. The van der Waals surface area contributed by atoms with Crippen LogP contribution in [0, 0.1) is 0 Å². The summed E-state index contributed by atoms with van der Waals surface area (Å²) in [5, 5.41) is 12.8. The highest BCUT2D eigenvalue weighted by molar-refractivity contribution is 5.75. The SMILES string of the molecule is O=Cc1nn(-c2ccc(C(F)(F)F)cc2)c(=O)cc1O. The lowest BCUT2D eigenvalue weighted by Gasteiger charge is -2.09. The molecule has 0 fully saturated rings. The zero-order chi connectivity index (χ0) is 14.9. The Balaban J connectivity index is 2.52. The van der Waals surface area contributed by atoms with Gasteiger partial charge in [0.25, 0.3) is 5.56 Å². The third-order valence-electron chi connectivity index (χ3n) is 2.49. The normalized spacial score (nSPS) is 11.3. The van der Waals surface area contributed by atoms with E-state index in [4.69, 9.17) is 0 Å². The second-order valence-electron chi connectivity index (χ2n) is 3.83. The first-order valence-corrected chi connectivity index (χ1v) is 5.29. The van der Waals surface area contributed by atoms with Crippen LogP contribution in [0.2, 0.25) is 0 Å². The minimum atomic E-state index is -4.49. The number of carbonyl (C=O) groups is 1. The number of aromatic nitrogens is 2. The molecular weight excluding hydrogens is 277 g/mol. The molecule has 20 heavy (non-hydrogen) atoms. The van der Waals surface area contributed by atoms with Crippen LogP contribution in [0.4, 0.5) is 13.2 Å². The van der Waals surface area contributed by atoms with Gasteiger partial charge in [-0.05, 0) is 24.3 Å². The Hall–Kier alpha value is -2.64. The summed E-state index contributed by atoms with van der Waals surface area (Å²) in [5.74, 6) is -0.590. The van der Waals surface area contributed by atoms with Crippen LogP contribution < -0.4 is 5.56 Å². The van der Waals surface area contributed by atoms with E-state index in [0.717, 1.165) is 35.0 Å². The van der Waals surface area contributed by atoms with Crippen molar-refractivity contribution in [1.29, 1.82) is 0 Å². The van der Waals surface area contributed by atoms with E-state index in [9.17, 15) is 27.9 Å². The molecule has 0 saturated carbocycles. The van der Waals surface area contributed by atoms with Gasteiger partial charge in [0, 0.05) is 6.07 Å². The molecule has 2 rings (SSSR count). The van der Waals surface area contributed by atoms with Gasteiger partial charge in [0.15, 0.2) is 17.7 Å². The fourth-order valence-electron chi connectivity index (χ4n) is 1.52. The number of aldehydes is 1. The van der Waals surface area contributed by atoms with Crippen LogP contribution in [0.15, 0.2) is 35.1 Å². The van der Waals surface area contributed by atoms with Crippen molar-refractivity contribution >= 4 is 6.29 Å². The molecule has 0 spiro atoms. The van der Waals surface area contributed by atoms with Gasteiger partial charge < -0.3 is 5.11 Å². The van der Waals surface area contributed by atoms with E-state index in [1.165, 1.54) is 0 Å². The van der Waals surface area contributed by atoms with Gasteiger partial charge in [0.05, 0.1) is 11.3 Å². The summed E-state index contributed by atoms with van der Waals surface area (Å²) in [4.78, 5) is 22.2. The summed E-state index contributed by atoms with van der Waals surface area (Å²) in [6.07, 6.45) is -4.25. The molecule has 1 aromatic carbocycles. The second-order valence-corrected chi connectivity index (χ2v) is 3.83. The first-order chi connectivity index (χ1) is 9.32. The molecule has 0 bridgehead atoms. The Morgan fingerprint density at radius 2 is 1.80 bits per heavy atom. The molecule has 8 heteroatoms. The molecular formula is C12H7F3N2O3. The molecule has 0 radical (unpaired) electrons. The molecule has 1 aromatic heterocycles. The Labute approximate surface area is 109 Å². The van der Waals surface area contributed by atoms with Crippen LogP contribution in [-0.2, 0) is 6.18 Å². The molecule has 1 heterocycles. The smallest absolute Gasteiger partial charge is 0.416 e. The molecule has 104 valence electrons. The number of halogens is 3. The number of hydrogen-bond acceptors (Lipinski definition) is 4. The number of hydrogen-bond donors (Lipinski definition) is 1. The topological polar surface area (TPSA) is 72.2 Å². The van der Waals surface area contributed by atoms with Gasteiger partial charge in [-0.2, -0.15) is 23.0 Å². The number of benzene rings is 1. The fraction of sp³-hybridized carbons (Fsp3) is 0.0833. The van der Waals surface area contributed by atoms with Crippen molar-refractivity contribution in [2.45, 2.75) is 6.18 Å². The Morgan fingerprint density at radius 1 is 1.20 bits per heavy atom. The molecule has 0 saturated heterocycles. The number of carbonyl (C=O) groups excluding carboxylic acids is 1. The predicted molar refractivity (Wildman–Crippen MR) is 61.9 cm³/mol. The van der Waals surface area contributed by atoms with Crippen LogP contribution >= 0.6 is 0 Å². The van der Waals surface area contributed by atoms with Crippen molar-refractivity contribution < 1.29 is 23.1 Å². The van der Waals surface area contributed by atoms with Crippen LogP contribution in [0.1, 0.15) is 16.1 Å². The van der Waals surface area contributed by atoms with Gasteiger partial charge in [0.1, 0.15) is 0 Å². The van der Waals surface area contributed by atoms with E-state index in [0.29, 0.717) is 0 Å². The third kappa shape index (κ3) is 2.53. The molecule has 0 aliphatic rings. The summed E-state index contributed by atoms with van der Waals surface area (Å²) in [6, 6.07) is 4.42. The van der Waals surface area contributed by atoms with Crippen molar-refractivity contribution in [3.05, 3.63) is 51.9 Å². The zero-order valence-electron chi connectivity index (χ0n) is 9.76. The highest BCUT2D eigenvalue weighted by Gasteiger charge is 2.30. The Morgan fingerprint density at radius 3 is 2.30 bits per heavy atom. The lowest BCUT2D eigenvalue weighted by molar-refractivity contribution is -0.137. The quantitative estimate of drug-likeness (QED) is 0.853. The summed E-state index contributed by atoms with van der Waals surface area (Å²) < 4.78 is 38.0. The van der Waals surface area contributed by atoms with Crippen molar-refractivity contribution in [2.75, 3.05) is 0 Å². The average Bonchev–Trinajstić information content (AvgIpc) is 2.38. The van der Waals surface area contributed by atoms with Crippen LogP contribution in [0.3, 0.4) is 0 Å². The zero-order valence-corrected chi connectivity index (χ0v) is 9.76. The van der Waals surface area contributed by atoms with Gasteiger partial charge in [-0.3, -0.25) is 9.59 Å². The van der Waals surface area contributed by atoms with Crippen LogP contribution in [0.5, 0.6) is 5.75 Å². The highest BCUT2D eigenvalue weighted by Crippen LogP contribution is 2.29. The predicted octanol–water partition coefficient (Wildman–Crippen LogP) is 1.77. The lowest BCUT2D eigenvalue weighted by Crippen LogP contribution is -2.21. The molecule has 0 amide bonds. The largest absolute Gasteiger partial charge is 0.505 e. The maximum Gasteiger partial charge on any atom is 0.416 e. The third-order valence-corrected chi connectivity index (χ3v) is 2.49. The first-order valence-electron chi connectivity index (χ1n) is 5.29. The summed E-state index contributed by atoms with van der Waals surface area (Å²) in [5.41, 5.74) is -1.98. The van der Waals surface area contributed by atoms with E-state index < -0.39 is 23.0 Å². The molecule has 0 aliphatic carbocycles. The molecule has 0 unspecified atom stereocenters. The summed E-state index contributed by atoms with van der Waals surface area (Å²) in [7, 11) is 0. The fourth-order valence-corrected chi connectivity index (χ4v) is 1.52. The Bertz CT molecular complexity index is 705. The van der Waals surface area contributed by atoms with Crippen molar-refractivity contribution in [3.63, 3.8) is 0 Å². The average molecular weight is 284 g/mol. The monoisotopic (exact) mass is 284 g/mol. The molecule has 0 atom stereocenters. The van der Waals surface area contributed by atoms with Gasteiger partial charge >= 0.3 is 6.18 Å². The van der Waals surface area contributed by atoms with Crippen molar-refractivity contribution in [3.8, 4) is 11.4 Å². The van der Waals surface area contributed by atoms with Gasteiger partial charge in [0.2, 0.25) is 0 Å². The van der Waals surface area contributed by atoms with Gasteiger partial charge in [-0.15, -0.1) is 0 Å². The van der Waals surface area contributed by atoms with Crippen LogP contribution in [-0.4, -0.2) is 21.2 Å². The molecule has 1 N–H and O–H groups in total. The van der Waals surface area contributed by atoms with Crippen molar-refractivity contribution in [1.82, 2.24) is 9.78 Å². The number of nitrogens with zero attached hydrogens (tertiary/aromatic N) is 2. The maximum atomic E-state index is 12.4. The van der Waals surface area contributed by atoms with E-state index in [-0.39, 0.29) is 17.7 Å². The van der Waals surface area contributed by atoms with E-state index >= 15 is 0 Å². The van der Waals surface area contributed by atoms with Gasteiger partial charge in [-0.25, -0.2) is 0 Å². The van der Waals surface area contributed by atoms with E-state index in [1.807, 2.05) is 0 Å². The maximum absolute atomic E-state index is 12.4. The van der Waals surface area contributed by atoms with Gasteiger partial charge in [-0.1, -0.05) is 0 Å². The van der Waals surface area contributed by atoms with E-state index in [2.05, 4.69) is 5.10 Å². The molecule has 5 nitrogen and oxygen atoms in total.